The van der Waals surface area contributed by atoms with Gasteiger partial charge in [0.1, 0.15) is 12.6 Å². The molecular formula is C24H35N3O5. The van der Waals surface area contributed by atoms with Gasteiger partial charge < -0.3 is 25.0 Å². The predicted molar refractivity (Wildman–Crippen MR) is 121 cm³/mol. The minimum absolute atomic E-state index is 0.137. The van der Waals surface area contributed by atoms with E-state index in [1.165, 1.54) is 5.56 Å². The molecule has 2 amide bonds. The number of para-hydroxylation sites is 1. The summed E-state index contributed by atoms with van der Waals surface area (Å²) in [6.45, 7) is 5.83. The highest BCUT2D eigenvalue weighted by atomic mass is 16.6. The number of rotatable bonds is 7. The Kier molecular flexibility index (Phi) is 8.50. The molecule has 0 aromatic heterocycles. The maximum Gasteiger partial charge on any atom is 0.407 e. The Morgan fingerprint density at radius 1 is 1.09 bits per heavy atom. The average Bonchev–Trinajstić information content (AvgIpc) is 2.79. The van der Waals surface area contributed by atoms with Gasteiger partial charge in [0.05, 0.1) is 6.61 Å². The van der Waals surface area contributed by atoms with E-state index in [1.54, 1.807) is 6.92 Å². The molecular weight excluding hydrogens is 410 g/mol. The van der Waals surface area contributed by atoms with Crippen molar-refractivity contribution < 1.29 is 23.9 Å². The third kappa shape index (κ3) is 6.00. The molecule has 1 heterocycles. The number of alkyl carbamates (subject to hydrolysis) is 1. The molecule has 1 aliphatic carbocycles. The van der Waals surface area contributed by atoms with E-state index in [0.717, 1.165) is 37.8 Å². The van der Waals surface area contributed by atoms with Crippen LogP contribution in [0.2, 0.25) is 0 Å². The van der Waals surface area contributed by atoms with Crippen molar-refractivity contribution in [3.63, 3.8) is 0 Å². The molecule has 8 nitrogen and oxygen atoms in total. The molecule has 2 aliphatic rings. The van der Waals surface area contributed by atoms with Gasteiger partial charge in [-0.2, -0.15) is 0 Å². The summed E-state index contributed by atoms with van der Waals surface area (Å²) < 4.78 is 10.2. The normalized spacial score (nSPS) is 24.9. The number of hydrogen-bond donors (Lipinski definition) is 2. The Balaban J connectivity index is 1.51. The van der Waals surface area contributed by atoms with Gasteiger partial charge in [-0.05, 0) is 57.6 Å². The molecule has 0 saturated heterocycles. The van der Waals surface area contributed by atoms with Gasteiger partial charge in [-0.1, -0.05) is 25.1 Å². The first-order chi connectivity index (χ1) is 15.4. The maximum absolute atomic E-state index is 12.5. The standard InChI is InChI=1S/C24H35N3O5/c1-4-22(28)27-16(3)14-20(19-8-6-7-9-21(19)27)26-17-10-12-18(13-11-17)32-24(30)25-15-23(29)31-5-2/h6-9,16-18,20,26H,4-5,10-15H2,1-3H3,(H,25,30)/t16-,17?,18?,20+/m0/s1. The number of carbonyl (C=O) groups excluding carboxylic acids is 3. The zero-order valence-electron chi connectivity index (χ0n) is 19.3. The zero-order valence-corrected chi connectivity index (χ0v) is 19.3. The van der Waals surface area contributed by atoms with Gasteiger partial charge in [0.15, 0.2) is 0 Å². The molecule has 0 radical (unpaired) electrons. The van der Waals surface area contributed by atoms with Crippen LogP contribution in [0.4, 0.5) is 10.5 Å². The highest BCUT2D eigenvalue weighted by Gasteiger charge is 2.34. The summed E-state index contributed by atoms with van der Waals surface area (Å²) in [7, 11) is 0. The first kappa shape index (κ1) is 24.0. The topological polar surface area (TPSA) is 97.0 Å². The number of nitrogens with one attached hydrogen (secondary N) is 2. The summed E-state index contributed by atoms with van der Waals surface area (Å²) in [6.07, 6.45) is 3.99. The molecule has 1 aliphatic heterocycles. The SMILES string of the molecule is CCOC(=O)CNC(=O)OC1CCC(N[C@@H]2C[C@H](C)N(C(=O)CC)c3ccccc32)CC1. The van der Waals surface area contributed by atoms with E-state index in [1.807, 2.05) is 30.0 Å². The monoisotopic (exact) mass is 445 g/mol. The molecule has 2 N–H and O–H groups in total. The number of nitrogens with zero attached hydrogens (tertiary/aromatic N) is 1. The Morgan fingerprint density at radius 3 is 2.50 bits per heavy atom. The summed E-state index contributed by atoms with van der Waals surface area (Å²) in [5, 5.41) is 6.24. The van der Waals surface area contributed by atoms with E-state index in [4.69, 9.17) is 9.47 Å². The fraction of sp³-hybridized carbons (Fsp3) is 0.625. The fourth-order valence-electron chi connectivity index (χ4n) is 4.70. The molecule has 0 unspecified atom stereocenters. The first-order valence-electron chi connectivity index (χ1n) is 11.7. The van der Waals surface area contributed by atoms with Crippen LogP contribution in [0.5, 0.6) is 0 Å². The molecule has 32 heavy (non-hydrogen) atoms. The summed E-state index contributed by atoms with van der Waals surface area (Å²) in [6, 6.07) is 8.81. The summed E-state index contributed by atoms with van der Waals surface area (Å²) in [5.41, 5.74) is 2.18. The fourth-order valence-corrected chi connectivity index (χ4v) is 4.70. The largest absolute Gasteiger partial charge is 0.465 e. The molecule has 1 saturated carbocycles. The number of amides is 2. The van der Waals surface area contributed by atoms with Crippen LogP contribution in [0, 0.1) is 0 Å². The Bertz CT molecular complexity index is 807. The van der Waals surface area contributed by atoms with Crippen molar-refractivity contribution in [3.05, 3.63) is 29.8 Å². The second-order valence-corrected chi connectivity index (χ2v) is 8.52. The number of benzene rings is 1. The van der Waals surface area contributed by atoms with E-state index in [9.17, 15) is 14.4 Å². The van der Waals surface area contributed by atoms with Crippen molar-refractivity contribution in [1.29, 1.82) is 0 Å². The Labute approximate surface area is 190 Å². The zero-order chi connectivity index (χ0) is 23.1. The summed E-state index contributed by atoms with van der Waals surface area (Å²) >= 11 is 0. The van der Waals surface area contributed by atoms with Gasteiger partial charge in [-0.3, -0.25) is 9.59 Å². The van der Waals surface area contributed by atoms with E-state index in [-0.39, 0.29) is 37.2 Å². The number of anilines is 1. The molecule has 176 valence electrons. The maximum atomic E-state index is 12.5. The van der Waals surface area contributed by atoms with Crippen LogP contribution in [0.15, 0.2) is 24.3 Å². The van der Waals surface area contributed by atoms with Gasteiger partial charge >= 0.3 is 12.1 Å². The lowest BCUT2D eigenvalue weighted by Crippen LogP contribution is -2.47. The third-order valence-corrected chi connectivity index (χ3v) is 6.23. The summed E-state index contributed by atoms with van der Waals surface area (Å²) in [5.74, 6) is -0.319. The Morgan fingerprint density at radius 2 is 1.81 bits per heavy atom. The molecule has 0 spiro atoms. The number of fused-ring (bicyclic) bond motifs is 1. The summed E-state index contributed by atoms with van der Waals surface area (Å²) in [4.78, 5) is 37.7. The molecule has 3 rings (SSSR count). The molecule has 2 atom stereocenters. The van der Waals surface area contributed by atoms with Gasteiger partial charge in [-0.15, -0.1) is 0 Å². The van der Waals surface area contributed by atoms with E-state index >= 15 is 0 Å². The lowest BCUT2D eigenvalue weighted by Gasteiger charge is -2.41. The van der Waals surface area contributed by atoms with Gasteiger partial charge in [0, 0.05) is 30.2 Å². The van der Waals surface area contributed by atoms with Gasteiger partial charge in [0.25, 0.3) is 0 Å². The van der Waals surface area contributed by atoms with E-state index < -0.39 is 12.1 Å². The van der Waals surface area contributed by atoms with Crippen molar-refractivity contribution in [2.75, 3.05) is 18.1 Å². The molecule has 8 heteroatoms. The third-order valence-electron chi connectivity index (χ3n) is 6.23. The van der Waals surface area contributed by atoms with Gasteiger partial charge in [-0.25, -0.2) is 4.79 Å². The number of carbonyl (C=O) groups is 3. The average molecular weight is 446 g/mol. The minimum Gasteiger partial charge on any atom is -0.465 e. The number of esters is 1. The predicted octanol–water partition coefficient (Wildman–Crippen LogP) is 3.45. The van der Waals surface area contributed by atoms with Crippen molar-refractivity contribution in [1.82, 2.24) is 10.6 Å². The van der Waals surface area contributed by atoms with Crippen molar-refractivity contribution >= 4 is 23.7 Å². The highest BCUT2D eigenvalue weighted by molar-refractivity contribution is 5.95. The second kappa shape index (κ2) is 11.3. The van der Waals surface area contributed by atoms with Crippen LogP contribution >= 0.6 is 0 Å². The van der Waals surface area contributed by atoms with E-state index in [2.05, 4.69) is 23.6 Å². The van der Waals surface area contributed by atoms with E-state index in [0.29, 0.717) is 12.5 Å². The highest BCUT2D eigenvalue weighted by Crippen LogP contribution is 2.38. The first-order valence-corrected chi connectivity index (χ1v) is 11.7. The lowest BCUT2D eigenvalue weighted by atomic mass is 9.88. The quantitative estimate of drug-likeness (QED) is 0.624. The number of hydrogen-bond acceptors (Lipinski definition) is 6. The smallest absolute Gasteiger partial charge is 0.407 e. The van der Waals surface area contributed by atoms with Gasteiger partial charge in [0.2, 0.25) is 5.91 Å². The minimum atomic E-state index is -0.579. The van der Waals surface area contributed by atoms with Crippen LogP contribution in [0.1, 0.15) is 70.9 Å². The number of ether oxygens (including phenoxy) is 2. The van der Waals surface area contributed by atoms with Crippen molar-refractivity contribution in [2.45, 2.75) is 83.5 Å². The van der Waals surface area contributed by atoms with Crippen LogP contribution < -0.4 is 15.5 Å². The van der Waals surface area contributed by atoms with Crippen LogP contribution in [0.3, 0.4) is 0 Å². The van der Waals surface area contributed by atoms with Crippen LogP contribution in [-0.2, 0) is 19.1 Å². The van der Waals surface area contributed by atoms with Crippen LogP contribution in [0.25, 0.3) is 0 Å². The molecule has 1 aromatic carbocycles. The molecule has 1 fully saturated rings. The lowest BCUT2D eigenvalue weighted by molar-refractivity contribution is -0.142. The van der Waals surface area contributed by atoms with Crippen molar-refractivity contribution in [3.8, 4) is 0 Å². The molecule has 1 aromatic rings. The molecule has 0 bridgehead atoms. The second-order valence-electron chi connectivity index (χ2n) is 8.52. The van der Waals surface area contributed by atoms with Crippen molar-refractivity contribution in [2.24, 2.45) is 0 Å². The Hall–Kier alpha value is -2.61. The van der Waals surface area contributed by atoms with Crippen LogP contribution in [-0.4, -0.2) is 49.3 Å².